The van der Waals surface area contributed by atoms with Crippen LogP contribution >= 0.6 is 0 Å². The van der Waals surface area contributed by atoms with Crippen molar-refractivity contribution in [2.75, 3.05) is 7.05 Å². The Balaban J connectivity index is 2.07. The first-order valence-corrected chi connectivity index (χ1v) is 6.41. The molecule has 0 aliphatic carbocycles. The van der Waals surface area contributed by atoms with E-state index in [1.165, 1.54) is 16.7 Å². The molecule has 0 saturated heterocycles. The predicted octanol–water partition coefficient (Wildman–Crippen LogP) is 3.50. The summed E-state index contributed by atoms with van der Waals surface area (Å²) in [5, 5.41) is 8.96. The van der Waals surface area contributed by atoms with Gasteiger partial charge in [-0.2, -0.15) is 5.26 Å². The summed E-state index contributed by atoms with van der Waals surface area (Å²) in [7, 11) is 2.10. The van der Waals surface area contributed by atoms with E-state index in [0.717, 1.165) is 18.7 Å². The van der Waals surface area contributed by atoms with E-state index in [4.69, 9.17) is 5.26 Å². The molecule has 0 saturated carbocycles. The van der Waals surface area contributed by atoms with Gasteiger partial charge in [0.1, 0.15) is 0 Å². The lowest BCUT2D eigenvalue weighted by Gasteiger charge is -2.18. The minimum absolute atomic E-state index is 0.730. The lowest BCUT2D eigenvalue weighted by Crippen LogP contribution is -2.17. The standard InChI is InChI=1S/C17H18N2/c1-14-8-9-16(11-18)10-17(14)13-19(2)12-15-6-4-3-5-7-15/h3-10H,12-13H2,1-2H3. The van der Waals surface area contributed by atoms with Gasteiger partial charge in [0.25, 0.3) is 0 Å². The first kappa shape index (κ1) is 13.3. The van der Waals surface area contributed by atoms with E-state index >= 15 is 0 Å². The van der Waals surface area contributed by atoms with Gasteiger partial charge in [-0.25, -0.2) is 0 Å². The molecule has 0 radical (unpaired) electrons. The second-order valence-corrected chi connectivity index (χ2v) is 4.91. The zero-order valence-corrected chi connectivity index (χ0v) is 11.4. The molecule has 0 heterocycles. The fourth-order valence-electron chi connectivity index (χ4n) is 2.15. The third-order valence-corrected chi connectivity index (χ3v) is 3.21. The van der Waals surface area contributed by atoms with Gasteiger partial charge >= 0.3 is 0 Å². The van der Waals surface area contributed by atoms with Crippen LogP contribution in [0.2, 0.25) is 0 Å². The number of nitriles is 1. The summed E-state index contributed by atoms with van der Waals surface area (Å²) in [5.41, 5.74) is 4.49. The number of hydrogen-bond acceptors (Lipinski definition) is 2. The van der Waals surface area contributed by atoms with Crippen LogP contribution in [0.1, 0.15) is 22.3 Å². The van der Waals surface area contributed by atoms with Crippen molar-refractivity contribution in [1.29, 1.82) is 5.26 Å². The summed E-state index contributed by atoms with van der Waals surface area (Å²) in [5.74, 6) is 0. The zero-order valence-electron chi connectivity index (χ0n) is 11.4. The maximum atomic E-state index is 8.96. The molecule has 0 aromatic heterocycles. The molecule has 0 bridgehead atoms. The van der Waals surface area contributed by atoms with Crippen molar-refractivity contribution >= 4 is 0 Å². The first-order chi connectivity index (χ1) is 9.19. The van der Waals surface area contributed by atoms with Crippen molar-refractivity contribution in [2.24, 2.45) is 0 Å². The molecule has 0 aliphatic heterocycles. The lowest BCUT2D eigenvalue weighted by atomic mass is 10.0. The summed E-state index contributed by atoms with van der Waals surface area (Å²) < 4.78 is 0. The number of rotatable bonds is 4. The van der Waals surface area contributed by atoms with Gasteiger partial charge in [0.15, 0.2) is 0 Å². The van der Waals surface area contributed by atoms with E-state index in [2.05, 4.69) is 49.2 Å². The molecule has 0 fully saturated rings. The van der Waals surface area contributed by atoms with Crippen molar-refractivity contribution < 1.29 is 0 Å². The van der Waals surface area contributed by atoms with Crippen molar-refractivity contribution in [2.45, 2.75) is 20.0 Å². The van der Waals surface area contributed by atoms with Gasteiger partial charge in [0.2, 0.25) is 0 Å². The van der Waals surface area contributed by atoms with E-state index in [1.807, 2.05) is 24.3 Å². The molecule has 0 N–H and O–H groups in total. The second kappa shape index (κ2) is 6.17. The van der Waals surface area contributed by atoms with Gasteiger partial charge in [0, 0.05) is 13.1 Å². The molecule has 2 rings (SSSR count). The van der Waals surface area contributed by atoms with Gasteiger partial charge in [-0.15, -0.1) is 0 Å². The molecule has 19 heavy (non-hydrogen) atoms. The smallest absolute Gasteiger partial charge is 0.0991 e. The molecule has 2 aromatic rings. The molecule has 0 atom stereocenters. The monoisotopic (exact) mass is 250 g/mol. The van der Waals surface area contributed by atoms with Crippen LogP contribution in [-0.4, -0.2) is 11.9 Å². The van der Waals surface area contributed by atoms with E-state index in [-0.39, 0.29) is 0 Å². The number of nitrogens with zero attached hydrogens (tertiary/aromatic N) is 2. The Labute approximate surface area is 114 Å². The summed E-state index contributed by atoms with van der Waals surface area (Å²) >= 11 is 0. The minimum atomic E-state index is 0.730. The van der Waals surface area contributed by atoms with Crippen molar-refractivity contribution in [1.82, 2.24) is 4.90 Å². The van der Waals surface area contributed by atoms with E-state index in [9.17, 15) is 0 Å². The van der Waals surface area contributed by atoms with Crippen LogP contribution in [0.5, 0.6) is 0 Å². The van der Waals surface area contributed by atoms with Gasteiger partial charge in [-0.1, -0.05) is 36.4 Å². The molecular formula is C17H18N2. The molecular weight excluding hydrogens is 232 g/mol. The Kier molecular flexibility index (Phi) is 4.33. The third kappa shape index (κ3) is 3.67. The fraction of sp³-hybridized carbons (Fsp3) is 0.235. The third-order valence-electron chi connectivity index (χ3n) is 3.21. The molecule has 2 nitrogen and oxygen atoms in total. The summed E-state index contributed by atoms with van der Waals surface area (Å²) in [6.07, 6.45) is 0. The highest BCUT2D eigenvalue weighted by molar-refractivity contribution is 5.37. The normalized spacial score (nSPS) is 10.4. The van der Waals surface area contributed by atoms with E-state index < -0.39 is 0 Å². The zero-order chi connectivity index (χ0) is 13.7. The van der Waals surface area contributed by atoms with Gasteiger partial charge in [0.05, 0.1) is 11.6 Å². The lowest BCUT2D eigenvalue weighted by molar-refractivity contribution is 0.318. The Morgan fingerprint density at radius 3 is 2.47 bits per heavy atom. The van der Waals surface area contributed by atoms with Gasteiger partial charge in [-0.3, -0.25) is 4.90 Å². The average molecular weight is 250 g/mol. The van der Waals surface area contributed by atoms with Crippen LogP contribution in [0.15, 0.2) is 48.5 Å². The molecule has 96 valence electrons. The number of benzene rings is 2. The van der Waals surface area contributed by atoms with Crippen LogP contribution in [0.4, 0.5) is 0 Å². The molecule has 2 aromatic carbocycles. The Hall–Kier alpha value is -2.11. The van der Waals surface area contributed by atoms with E-state index in [0.29, 0.717) is 0 Å². The highest BCUT2D eigenvalue weighted by Gasteiger charge is 2.05. The number of aryl methyl sites for hydroxylation is 1. The van der Waals surface area contributed by atoms with Crippen LogP contribution in [0, 0.1) is 18.3 Å². The van der Waals surface area contributed by atoms with Crippen LogP contribution in [-0.2, 0) is 13.1 Å². The average Bonchev–Trinajstić information content (AvgIpc) is 2.42. The number of hydrogen-bond donors (Lipinski definition) is 0. The van der Waals surface area contributed by atoms with E-state index in [1.54, 1.807) is 0 Å². The summed E-state index contributed by atoms with van der Waals surface area (Å²) in [6, 6.07) is 18.5. The van der Waals surface area contributed by atoms with Crippen molar-refractivity contribution in [3.05, 3.63) is 70.8 Å². The maximum absolute atomic E-state index is 8.96. The van der Waals surface area contributed by atoms with Crippen LogP contribution in [0.25, 0.3) is 0 Å². The van der Waals surface area contributed by atoms with Gasteiger partial charge in [-0.05, 0) is 42.8 Å². The SMILES string of the molecule is Cc1ccc(C#N)cc1CN(C)Cc1ccccc1. The minimum Gasteiger partial charge on any atom is -0.298 e. The fourth-order valence-corrected chi connectivity index (χ4v) is 2.15. The Morgan fingerprint density at radius 1 is 1.05 bits per heavy atom. The molecule has 0 spiro atoms. The topological polar surface area (TPSA) is 27.0 Å². The van der Waals surface area contributed by atoms with Gasteiger partial charge < -0.3 is 0 Å². The maximum Gasteiger partial charge on any atom is 0.0991 e. The Bertz CT molecular complexity index is 582. The second-order valence-electron chi connectivity index (χ2n) is 4.91. The van der Waals surface area contributed by atoms with Crippen LogP contribution in [0.3, 0.4) is 0 Å². The highest BCUT2D eigenvalue weighted by atomic mass is 15.1. The molecule has 0 amide bonds. The Morgan fingerprint density at radius 2 is 1.79 bits per heavy atom. The molecule has 0 unspecified atom stereocenters. The van der Waals surface area contributed by atoms with Crippen LogP contribution < -0.4 is 0 Å². The largest absolute Gasteiger partial charge is 0.298 e. The predicted molar refractivity (Wildman–Crippen MR) is 77.5 cm³/mol. The quantitative estimate of drug-likeness (QED) is 0.830. The van der Waals surface area contributed by atoms with Crippen molar-refractivity contribution in [3.8, 4) is 6.07 Å². The molecule has 0 aliphatic rings. The first-order valence-electron chi connectivity index (χ1n) is 6.41. The summed E-state index contributed by atoms with van der Waals surface area (Å²) in [6.45, 7) is 3.86. The molecule has 2 heteroatoms. The van der Waals surface area contributed by atoms with Crippen molar-refractivity contribution in [3.63, 3.8) is 0 Å². The summed E-state index contributed by atoms with van der Waals surface area (Å²) in [4.78, 5) is 2.26. The highest BCUT2D eigenvalue weighted by Crippen LogP contribution is 2.14.